The number of aromatic nitrogens is 4. The number of hydrogen-bond donors (Lipinski definition) is 0. The number of rotatable bonds is 4. The molecule has 5 rings (SSSR count). The van der Waals surface area contributed by atoms with Gasteiger partial charge in [0.1, 0.15) is 12.1 Å². The maximum Gasteiger partial charge on any atom is 0.255 e. The monoisotopic (exact) mass is 437 g/mol. The van der Waals surface area contributed by atoms with Gasteiger partial charge in [0.15, 0.2) is 0 Å². The molecule has 0 fully saturated rings. The van der Waals surface area contributed by atoms with E-state index in [4.69, 9.17) is 21.3 Å². The van der Waals surface area contributed by atoms with Crippen molar-refractivity contribution in [2.75, 3.05) is 24.6 Å². The molecular weight excluding hydrogens is 414 g/mol. The standard InChI is InChI=1S/C23H24ClN5O2/c1-23(2)12-28(7-4-15-9-17(24)10-16-5-8-31-21(15)16)22-27-19(11-20(30)29(22)13-23)18-3-6-25-14-26-18/h3,6,9-11,14H,4-5,7-8,12-13H2,1-2H3. The summed E-state index contributed by atoms with van der Waals surface area (Å²) in [5, 5.41) is 0.735. The highest BCUT2D eigenvalue weighted by Crippen LogP contribution is 2.34. The van der Waals surface area contributed by atoms with Gasteiger partial charge in [0.25, 0.3) is 5.56 Å². The number of hydrogen-bond acceptors (Lipinski definition) is 6. The molecule has 4 heterocycles. The Morgan fingerprint density at radius 2 is 2.06 bits per heavy atom. The molecular formula is C23H24ClN5O2. The number of ether oxygens (including phenoxy) is 1. The molecule has 2 aromatic heterocycles. The number of fused-ring (bicyclic) bond motifs is 2. The summed E-state index contributed by atoms with van der Waals surface area (Å²) in [5.74, 6) is 1.64. The summed E-state index contributed by atoms with van der Waals surface area (Å²) in [6.45, 7) is 7.18. The van der Waals surface area contributed by atoms with E-state index in [1.54, 1.807) is 22.9 Å². The fourth-order valence-corrected chi connectivity index (χ4v) is 4.75. The Morgan fingerprint density at radius 3 is 2.87 bits per heavy atom. The summed E-state index contributed by atoms with van der Waals surface area (Å²) >= 11 is 6.35. The first-order valence-corrected chi connectivity index (χ1v) is 10.8. The topological polar surface area (TPSA) is 73.1 Å². The Morgan fingerprint density at radius 1 is 1.19 bits per heavy atom. The molecule has 2 aliphatic heterocycles. The Bertz CT molecular complexity index is 1190. The Labute approximate surface area is 185 Å². The van der Waals surface area contributed by atoms with E-state index in [2.05, 4.69) is 28.7 Å². The normalized spacial score (nSPS) is 16.5. The van der Waals surface area contributed by atoms with Crippen molar-refractivity contribution in [2.45, 2.75) is 33.2 Å². The first kappa shape index (κ1) is 20.0. The third-order valence-corrected chi connectivity index (χ3v) is 6.01. The van der Waals surface area contributed by atoms with Crippen LogP contribution in [-0.2, 0) is 19.4 Å². The lowest BCUT2D eigenvalue weighted by molar-refractivity contribution is 0.274. The van der Waals surface area contributed by atoms with Crippen LogP contribution in [0.4, 0.5) is 5.95 Å². The van der Waals surface area contributed by atoms with Crippen LogP contribution in [0.25, 0.3) is 11.4 Å². The van der Waals surface area contributed by atoms with E-state index in [0.717, 1.165) is 35.7 Å². The third-order valence-electron chi connectivity index (χ3n) is 5.80. The van der Waals surface area contributed by atoms with Crippen LogP contribution in [0, 0.1) is 5.41 Å². The molecule has 0 aliphatic carbocycles. The molecule has 0 spiro atoms. The first-order valence-electron chi connectivity index (χ1n) is 10.5. The molecule has 7 nitrogen and oxygen atoms in total. The summed E-state index contributed by atoms with van der Waals surface area (Å²) in [7, 11) is 0. The summed E-state index contributed by atoms with van der Waals surface area (Å²) < 4.78 is 7.64. The van der Waals surface area contributed by atoms with E-state index < -0.39 is 0 Å². The lowest BCUT2D eigenvalue weighted by Crippen LogP contribution is -2.48. The molecule has 0 atom stereocenters. The van der Waals surface area contributed by atoms with Gasteiger partial charge >= 0.3 is 0 Å². The fraction of sp³-hybridized carbons (Fsp3) is 0.391. The van der Waals surface area contributed by atoms with Crippen molar-refractivity contribution in [3.63, 3.8) is 0 Å². The van der Waals surface area contributed by atoms with Crippen molar-refractivity contribution in [1.82, 2.24) is 19.5 Å². The molecule has 3 aromatic rings. The number of halogens is 1. The highest BCUT2D eigenvalue weighted by atomic mass is 35.5. The third kappa shape index (κ3) is 3.90. The molecule has 0 saturated heterocycles. The van der Waals surface area contributed by atoms with Crippen LogP contribution in [-0.4, -0.2) is 39.2 Å². The molecule has 8 heteroatoms. The van der Waals surface area contributed by atoms with Crippen LogP contribution in [0.1, 0.15) is 25.0 Å². The van der Waals surface area contributed by atoms with Gasteiger partial charge in [-0.05, 0) is 35.7 Å². The van der Waals surface area contributed by atoms with Gasteiger partial charge in [0, 0.05) is 48.8 Å². The smallest absolute Gasteiger partial charge is 0.255 e. The van der Waals surface area contributed by atoms with Gasteiger partial charge in [-0.3, -0.25) is 9.36 Å². The zero-order chi connectivity index (χ0) is 21.6. The van der Waals surface area contributed by atoms with Gasteiger partial charge in [-0.2, -0.15) is 0 Å². The van der Waals surface area contributed by atoms with E-state index in [0.29, 0.717) is 37.0 Å². The number of anilines is 1. The van der Waals surface area contributed by atoms with E-state index in [1.165, 1.54) is 11.9 Å². The van der Waals surface area contributed by atoms with Crippen LogP contribution in [0.15, 0.2) is 41.6 Å². The summed E-state index contributed by atoms with van der Waals surface area (Å²) in [5.41, 5.74) is 3.35. The molecule has 0 unspecified atom stereocenters. The first-order chi connectivity index (χ1) is 14.9. The van der Waals surface area contributed by atoms with E-state index in [-0.39, 0.29) is 11.0 Å². The Hall–Kier alpha value is -2.93. The van der Waals surface area contributed by atoms with Crippen molar-refractivity contribution in [3.8, 4) is 17.1 Å². The minimum Gasteiger partial charge on any atom is -0.493 e. The van der Waals surface area contributed by atoms with Crippen molar-refractivity contribution < 1.29 is 4.74 Å². The van der Waals surface area contributed by atoms with Crippen molar-refractivity contribution in [1.29, 1.82) is 0 Å². The second-order valence-electron chi connectivity index (χ2n) is 8.95. The SMILES string of the molecule is CC1(C)CN(CCc2cc(Cl)cc3c2OCC3)c2nc(-c3ccncn3)cc(=O)n2C1. The molecule has 0 radical (unpaired) electrons. The molecule has 0 N–H and O–H groups in total. The van der Waals surface area contributed by atoms with Crippen molar-refractivity contribution >= 4 is 17.5 Å². The maximum absolute atomic E-state index is 13.0. The van der Waals surface area contributed by atoms with Crippen LogP contribution in [0.3, 0.4) is 0 Å². The summed E-state index contributed by atoms with van der Waals surface area (Å²) in [4.78, 5) is 28.2. The minimum absolute atomic E-state index is 0.0538. The zero-order valence-corrected chi connectivity index (χ0v) is 18.4. The Kier molecular flexibility index (Phi) is 4.93. The summed E-state index contributed by atoms with van der Waals surface area (Å²) in [6.07, 6.45) is 4.77. The van der Waals surface area contributed by atoms with E-state index in [9.17, 15) is 4.79 Å². The van der Waals surface area contributed by atoms with Gasteiger partial charge in [0.2, 0.25) is 5.95 Å². The second-order valence-corrected chi connectivity index (χ2v) is 9.38. The molecule has 2 aliphatic rings. The Balaban J connectivity index is 1.50. The average molecular weight is 438 g/mol. The lowest BCUT2D eigenvalue weighted by atomic mass is 9.90. The highest BCUT2D eigenvalue weighted by molar-refractivity contribution is 6.30. The number of nitrogens with zero attached hydrogens (tertiary/aromatic N) is 5. The average Bonchev–Trinajstić information content (AvgIpc) is 3.21. The van der Waals surface area contributed by atoms with Crippen LogP contribution < -0.4 is 15.2 Å². The zero-order valence-electron chi connectivity index (χ0n) is 17.6. The molecule has 31 heavy (non-hydrogen) atoms. The molecule has 0 amide bonds. The van der Waals surface area contributed by atoms with E-state index in [1.807, 2.05) is 12.1 Å². The van der Waals surface area contributed by atoms with Gasteiger partial charge < -0.3 is 9.64 Å². The minimum atomic E-state index is -0.0663. The lowest BCUT2D eigenvalue weighted by Gasteiger charge is -2.40. The molecule has 1 aromatic carbocycles. The highest BCUT2D eigenvalue weighted by Gasteiger charge is 2.32. The van der Waals surface area contributed by atoms with Gasteiger partial charge in [0.05, 0.1) is 18.0 Å². The van der Waals surface area contributed by atoms with Crippen LogP contribution in [0.2, 0.25) is 5.02 Å². The van der Waals surface area contributed by atoms with Crippen LogP contribution in [0.5, 0.6) is 5.75 Å². The second kappa shape index (κ2) is 7.64. The van der Waals surface area contributed by atoms with Gasteiger partial charge in [-0.15, -0.1) is 0 Å². The van der Waals surface area contributed by atoms with Crippen molar-refractivity contribution in [3.05, 3.63) is 63.3 Å². The quantitative estimate of drug-likeness (QED) is 0.623. The fourth-order valence-electron chi connectivity index (χ4n) is 4.49. The maximum atomic E-state index is 13.0. The molecule has 0 bridgehead atoms. The summed E-state index contributed by atoms with van der Waals surface area (Å²) in [6, 6.07) is 7.30. The predicted molar refractivity (Wildman–Crippen MR) is 120 cm³/mol. The molecule has 160 valence electrons. The largest absolute Gasteiger partial charge is 0.493 e. The van der Waals surface area contributed by atoms with E-state index >= 15 is 0 Å². The van der Waals surface area contributed by atoms with Gasteiger partial charge in [-0.25, -0.2) is 15.0 Å². The van der Waals surface area contributed by atoms with Crippen molar-refractivity contribution in [2.24, 2.45) is 5.41 Å². The van der Waals surface area contributed by atoms with Crippen LogP contribution >= 0.6 is 11.6 Å². The molecule has 0 saturated carbocycles. The van der Waals surface area contributed by atoms with Gasteiger partial charge in [-0.1, -0.05) is 25.4 Å². The predicted octanol–water partition coefficient (Wildman–Crippen LogP) is 3.38. The number of benzene rings is 1.